The Bertz CT molecular complexity index is 710. The lowest BCUT2D eigenvalue weighted by Crippen LogP contribution is -2.03. The molecular weight excluding hydrogens is 283 g/mol. The summed E-state index contributed by atoms with van der Waals surface area (Å²) in [6.07, 6.45) is 4.96. The average Bonchev–Trinajstić information content (AvgIpc) is 2.65. The molecule has 0 atom stereocenters. The van der Waals surface area contributed by atoms with Crippen molar-refractivity contribution in [1.82, 2.24) is 4.98 Å². The molecule has 3 nitrogen and oxygen atoms in total. The zero-order valence-electron chi connectivity index (χ0n) is 9.65. The number of anilines is 1. The maximum Gasteiger partial charge on any atom is 0.256 e. The van der Waals surface area contributed by atoms with Crippen molar-refractivity contribution >= 4 is 46.4 Å². The van der Waals surface area contributed by atoms with Gasteiger partial charge in [-0.15, -0.1) is 0 Å². The minimum absolute atomic E-state index is 0.155. The Morgan fingerprint density at radius 2 is 1.95 bits per heavy atom. The number of halogens is 2. The Hall–Kier alpha value is -1.84. The van der Waals surface area contributed by atoms with Gasteiger partial charge < -0.3 is 5.32 Å². The van der Waals surface area contributed by atoms with E-state index in [0.29, 0.717) is 15.6 Å². The second-order valence-electron chi connectivity index (χ2n) is 4.14. The Labute approximate surface area is 119 Å². The lowest BCUT2D eigenvalue weighted by Gasteiger charge is -1.99. The smallest absolute Gasteiger partial charge is 0.256 e. The standard InChI is InChI=1S/C14H8Cl2N2O/c15-9-1-2-11-12(14(19)18-13(11)5-9)4-8-3-10(16)7-17-6-8/h1-7H,(H,18,19). The Morgan fingerprint density at radius 1 is 1.11 bits per heavy atom. The van der Waals surface area contributed by atoms with Crippen LogP contribution in [-0.4, -0.2) is 10.9 Å². The van der Waals surface area contributed by atoms with E-state index >= 15 is 0 Å². The van der Waals surface area contributed by atoms with Gasteiger partial charge in [0, 0.05) is 28.6 Å². The number of amides is 1. The normalized spacial score (nSPS) is 15.5. The SMILES string of the molecule is O=C1Nc2cc(Cl)ccc2C1=Cc1cncc(Cl)c1. The number of rotatable bonds is 1. The third-order valence-electron chi connectivity index (χ3n) is 2.80. The zero-order chi connectivity index (χ0) is 13.4. The van der Waals surface area contributed by atoms with Crippen molar-refractivity contribution in [1.29, 1.82) is 0 Å². The molecule has 1 aromatic carbocycles. The van der Waals surface area contributed by atoms with E-state index in [1.807, 2.05) is 6.07 Å². The molecule has 2 aromatic rings. The van der Waals surface area contributed by atoms with Gasteiger partial charge in [0.2, 0.25) is 0 Å². The first-order chi connectivity index (χ1) is 9.13. The minimum Gasteiger partial charge on any atom is -0.321 e. The molecule has 1 aliphatic rings. The van der Waals surface area contributed by atoms with Crippen LogP contribution in [0.2, 0.25) is 10.0 Å². The van der Waals surface area contributed by atoms with E-state index in [4.69, 9.17) is 23.2 Å². The van der Waals surface area contributed by atoms with Crippen molar-refractivity contribution < 1.29 is 4.79 Å². The summed E-state index contributed by atoms with van der Waals surface area (Å²) in [4.78, 5) is 15.9. The van der Waals surface area contributed by atoms with Gasteiger partial charge >= 0.3 is 0 Å². The second-order valence-corrected chi connectivity index (χ2v) is 5.01. The number of carbonyl (C=O) groups is 1. The largest absolute Gasteiger partial charge is 0.321 e. The molecule has 0 bridgehead atoms. The highest BCUT2D eigenvalue weighted by molar-refractivity contribution is 6.36. The number of aromatic nitrogens is 1. The van der Waals surface area contributed by atoms with Gasteiger partial charge in [-0.05, 0) is 29.8 Å². The highest BCUT2D eigenvalue weighted by Gasteiger charge is 2.23. The second kappa shape index (κ2) is 4.68. The van der Waals surface area contributed by atoms with Crippen LogP contribution < -0.4 is 5.32 Å². The van der Waals surface area contributed by atoms with E-state index in [2.05, 4.69) is 10.3 Å². The summed E-state index contributed by atoms with van der Waals surface area (Å²) < 4.78 is 0. The van der Waals surface area contributed by atoms with Crippen LogP contribution in [0.5, 0.6) is 0 Å². The third-order valence-corrected chi connectivity index (χ3v) is 3.24. The Kier molecular flexibility index (Phi) is 3.01. The fourth-order valence-corrected chi connectivity index (χ4v) is 2.34. The molecule has 0 fully saturated rings. The number of hydrogen-bond donors (Lipinski definition) is 1. The Balaban J connectivity index is 2.09. The highest BCUT2D eigenvalue weighted by Crippen LogP contribution is 2.34. The van der Waals surface area contributed by atoms with Crippen LogP contribution in [0.3, 0.4) is 0 Å². The van der Waals surface area contributed by atoms with E-state index in [9.17, 15) is 4.79 Å². The maximum atomic E-state index is 12.0. The molecule has 5 heteroatoms. The van der Waals surface area contributed by atoms with Gasteiger partial charge in [-0.3, -0.25) is 9.78 Å². The fourth-order valence-electron chi connectivity index (χ4n) is 1.98. The predicted octanol–water partition coefficient (Wildman–Crippen LogP) is 3.88. The van der Waals surface area contributed by atoms with Crippen molar-refractivity contribution in [3.05, 3.63) is 57.8 Å². The van der Waals surface area contributed by atoms with Crippen LogP contribution in [0.25, 0.3) is 11.6 Å². The molecule has 0 saturated carbocycles. The number of nitrogens with zero attached hydrogens (tertiary/aromatic N) is 1. The number of fused-ring (bicyclic) bond motifs is 1. The number of nitrogens with one attached hydrogen (secondary N) is 1. The molecule has 19 heavy (non-hydrogen) atoms. The van der Waals surface area contributed by atoms with Crippen LogP contribution in [0.1, 0.15) is 11.1 Å². The fraction of sp³-hybridized carbons (Fsp3) is 0. The van der Waals surface area contributed by atoms with Crippen LogP contribution in [0.15, 0.2) is 36.7 Å². The number of pyridine rings is 1. The summed E-state index contributed by atoms with van der Waals surface area (Å²) in [5.41, 5.74) is 2.91. The van der Waals surface area contributed by atoms with E-state index < -0.39 is 0 Å². The predicted molar refractivity (Wildman–Crippen MR) is 77.2 cm³/mol. The number of carbonyl (C=O) groups excluding carboxylic acids is 1. The first-order valence-electron chi connectivity index (χ1n) is 5.57. The third kappa shape index (κ3) is 2.35. The molecule has 0 unspecified atom stereocenters. The summed E-state index contributed by atoms with van der Waals surface area (Å²) in [6, 6.07) is 7.05. The van der Waals surface area contributed by atoms with Crippen molar-refractivity contribution in [2.45, 2.75) is 0 Å². The molecule has 2 heterocycles. The molecule has 94 valence electrons. The lowest BCUT2D eigenvalue weighted by molar-refractivity contribution is -0.110. The van der Waals surface area contributed by atoms with Gasteiger partial charge in [-0.25, -0.2) is 0 Å². The van der Waals surface area contributed by atoms with Crippen molar-refractivity contribution in [3.63, 3.8) is 0 Å². The van der Waals surface area contributed by atoms with Gasteiger partial charge in [0.1, 0.15) is 0 Å². The van der Waals surface area contributed by atoms with Crippen molar-refractivity contribution in [2.24, 2.45) is 0 Å². The van der Waals surface area contributed by atoms with Gasteiger partial charge in [0.15, 0.2) is 0 Å². The summed E-state index contributed by atoms with van der Waals surface area (Å²) in [5, 5.41) is 3.90. The van der Waals surface area contributed by atoms with Crippen molar-refractivity contribution in [3.8, 4) is 0 Å². The molecule has 0 aliphatic carbocycles. The summed E-state index contributed by atoms with van der Waals surface area (Å²) in [7, 11) is 0. The maximum absolute atomic E-state index is 12.0. The molecule has 1 N–H and O–H groups in total. The summed E-state index contributed by atoms with van der Waals surface area (Å²) >= 11 is 11.8. The number of benzene rings is 1. The molecule has 0 saturated heterocycles. The molecule has 1 aromatic heterocycles. The van der Waals surface area contributed by atoms with Crippen LogP contribution >= 0.6 is 23.2 Å². The molecule has 3 rings (SSSR count). The van der Waals surface area contributed by atoms with Gasteiger partial charge in [-0.1, -0.05) is 29.3 Å². The van der Waals surface area contributed by atoms with E-state index in [0.717, 1.165) is 16.8 Å². The van der Waals surface area contributed by atoms with E-state index in [1.165, 1.54) is 0 Å². The zero-order valence-corrected chi connectivity index (χ0v) is 11.2. The molecule has 1 aliphatic heterocycles. The van der Waals surface area contributed by atoms with Gasteiger partial charge in [0.25, 0.3) is 5.91 Å². The monoisotopic (exact) mass is 290 g/mol. The quantitative estimate of drug-likeness (QED) is 0.810. The first-order valence-corrected chi connectivity index (χ1v) is 6.32. The van der Waals surface area contributed by atoms with Gasteiger partial charge in [0.05, 0.1) is 10.7 Å². The minimum atomic E-state index is -0.155. The van der Waals surface area contributed by atoms with Crippen molar-refractivity contribution in [2.75, 3.05) is 5.32 Å². The molecule has 0 spiro atoms. The van der Waals surface area contributed by atoms with Crippen LogP contribution in [0.4, 0.5) is 5.69 Å². The van der Waals surface area contributed by atoms with Gasteiger partial charge in [-0.2, -0.15) is 0 Å². The Morgan fingerprint density at radius 3 is 2.74 bits per heavy atom. The van der Waals surface area contributed by atoms with Crippen LogP contribution in [-0.2, 0) is 4.79 Å². The lowest BCUT2D eigenvalue weighted by atomic mass is 10.0. The van der Waals surface area contributed by atoms with E-state index in [-0.39, 0.29) is 5.91 Å². The summed E-state index contributed by atoms with van der Waals surface area (Å²) in [6.45, 7) is 0. The number of hydrogen-bond acceptors (Lipinski definition) is 2. The van der Waals surface area contributed by atoms with E-state index in [1.54, 1.807) is 36.7 Å². The average molecular weight is 291 g/mol. The summed E-state index contributed by atoms with van der Waals surface area (Å²) in [5.74, 6) is -0.155. The first kappa shape index (κ1) is 12.2. The molecule has 1 amide bonds. The highest BCUT2D eigenvalue weighted by atomic mass is 35.5. The molecular formula is C14H8Cl2N2O. The molecule has 0 radical (unpaired) electrons. The van der Waals surface area contributed by atoms with Crippen LogP contribution in [0, 0.1) is 0 Å². The topological polar surface area (TPSA) is 42.0 Å².